The van der Waals surface area contributed by atoms with Crippen molar-refractivity contribution in [3.8, 4) is 23.8 Å². The third-order valence-electron chi connectivity index (χ3n) is 8.16. The van der Waals surface area contributed by atoms with Gasteiger partial charge in [-0.1, -0.05) is 42.5 Å². The van der Waals surface area contributed by atoms with Gasteiger partial charge in [-0.25, -0.2) is 9.37 Å². The van der Waals surface area contributed by atoms with Crippen molar-refractivity contribution in [2.75, 3.05) is 26.7 Å². The topological polar surface area (TPSA) is 123 Å². The molecule has 0 spiro atoms. The van der Waals surface area contributed by atoms with Gasteiger partial charge in [0.2, 0.25) is 5.88 Å². The largest absolute Gasteiger partial charge is 0.481 e. The first-order valence-electron chi connectivity index (χ1n) is 12.4. The molecule has 1 saturated heterocycles. The van der Waals surface area contributed by atoms with Crippen LogP contribution in [0.25, 0.3) is 0 Å². The van der Waals surface area contributed by atoms with Gasteiger partial charge < -0.3 is 19.7 Å². The van der Waals surface area contributed by atoms with E-state index in [2.05, 4.69) is 11.1 Å². The van der Waals surface area contributed by atoms with Gasteiger partial charge in [0.05, 0.1) is 30.4 Å². The number of nitriles is 2. The van der Waals surface area contributed by atoms with E-state index in [1.54, 1.807) is 24.3 Å². The summed E-state index contributed by atoms with van der Waals surface area (Å²) in [5, 5.41) is 43.8. The Kier molecular flexibility index (Phi) is 5.62. The SMILES string of the molecule is COc1nc(C#N)cc2c1C1(O)C(O)C(CN3CC(F)C3)C(c3ccccc3)C1(c1ccc(C#N)cc1)O2. The third-order valence-corrected chi connectivity index (χ3v) is 8.16. The smallest absolute Gasteiger partial charge is 0.224 e. The lowest BCUT2D eigenvalue weighted by Crippen LogP contribution is -2.52. The van der Waals surface area contributed by atoms with Crippen LogP contribution in [0.4, 0.5) is 4.39 Å². The highest BCUT2D eigenvalue weighted by molar-refractivity contribution is 5.60. The molecule has 8 nitrogen and oxygen atoms in total. The number of nitrogens with zero attached hydrogens (tertiary/aromatic N) is 4. The van der Waals surface area contributed by atoms with Gasteiger partial charge in [0.15, 0.2) is 11.2 Å². The quantitative estimate of drug-likeness (QED) is 0.535. The van der Waals surface area contributed by atoms with Crippen LogP contribution in [-0.4, -0.2) is 59.1 Å². The zero-order valence-corrected chi connectivity index (χ0v) is 20.6. The Morgan fingerprint density at radius 3 is 2.45 bits per heavy atom. The van der Waals surface area contributed by atoms with Gasteiger partial charge in [-0.05, 0) is 23.3 Å². The van der Waals surface area contributed by atoms with Gasteiger partial charge >= 0.3 is 0 Å². The summed E-state index contributed by atoms with van der Waals surface area (Å²) in [5.74, 6) is -1.00. The Morgan fingerprint density at radius 1 is 1.13 bits per heavy atom. The molecule has 2 aliphatic heterocycles. The Hall–Kier alpha value is -4.02. The number of alkyl halides is 1. The summed E-state index contributed by atoms with van der Waals surface area (Å²) in [4.78, 5) is 6.17. The first-order valence-corrected chi connectivity index (χ1v) is 12.4. The number of aromatic nitrogens is 1. The van der Waals surface area contributed by atoms with Crippen LogP contribution in [0.2, 0.25) is 0 Å². The summed E-state index contributed by atoms with van der Waals surface area (Å²) in [7, 11) is 1.38. The zero-order chi connectivity index (χ0) is 26.7. The number of hydrogen-bond acceptors (Lipinski definition) is 8. The van der Waals surface area contributed by atoms with Crippen LogP contribution in [-0.2, 0) is 11.2 Å². The molecule has 3 heterocycles. The van der Waals surface area contributed by atoms with E-state index in [1.807, 2.05) is 41.3 Å². The summed E-state index contributed by atoms with van der Waals surface area (Å²) in [6, 6.07) is 21.7. The molecule has 0 amide bonds. The lowest BCUT2D eigenvalue weighted by Gasteiger charge is -2.41. The van der Waals surface area contributed by atoms with Crippen molar-refractivity contribution < 1.29 is 24.1 Å². The van der Waals surface area contributed by atoms with E-state index in [0.717, 1.165) is 5.56 Å². The number of fused-ring (bicyclic) bond motifs is 3. The fourth-order valence-electron chi connectivity index (χ4n) is 6.59. The molecule has 1 saturated carbocycles. The highest BCUT2D eigenvalue weighted by Gasteiger charge is 2.77. The molecule has 5 atom stereocenters. The molecule has 1 aromatic heterocycles. The van der Waals surface area contributed by atoms with E-state index in [0.29, 0.717) is 17.7 Å². The van der Waals surface area contributed by atoms with Crippen molar-refractivity contribution in [2.24, 2.45) is 5.92 Å². The predicted molar refractivity (Wildman–Crippen MR) is 133 cm³/mol. The Balaban J connectivity index is 1.64. The standard InChI is InChI=1S/C29H25FN4O4/c1-37-27-25-23(11-21(13-32)33-27)38-29(19-9-7-17(12-31)8-10-19)24(18-5-3-2-4-6-18)22(26(35)28(25,29)36)16-34-14-20(30)15-34/h2-11,20,22,24,26,35-36H,14-16H2,1H3. The van der Waals surface area contributed by atoms with E-state index < -0.39 is 35.3 Å². The van der Waals surface area contributed by atoms with Gasteiger partial charge in [0.1, 0.15) is 23.7 Å². The van der Waals surface area contributed by atoms with Gasteiger partial charge in [-0.3, -0.25) is 4.90 Å². The molecule has 1 aliphatic carbocycles. The molecule has 2 N–H and O–H groups in total. The molecule has 38 heavy (non-hydrogen) atoms. The summed E-state index contributed by atoms with van der Waals surface area (Å²) in [5.41, 5.74) is -1.64. The number of benzene rings is 2. The summed E-state index contributed by atoms with van der Waals surface area (Å²) >= 11 is 0. The number of pyridine rings is 1. The second-order valence-corrected chi connectivity index (χ2v) is 10.1. The number of aliphatic hydroxyl groups excluding tert-OH is 1. The summed E-state index contributed by atoms with van der Waals surface area (Å²) < 4.78 is 26.0. The molecule has 2 fully saturated rings. The maximum atomic E-state index is 13.8. The lowest BCUT2D eigenvalue weighted by atomic mass is 9.70. The van der Waals surface area contributed by atoms with Crippen LogP contribution in [0.3, 0.4) is 0 Å². The molecule has 9 heteroatoms. The number of aliphatic hydroxyl groups is 2. The fourth-order valence-corrected chi connectivity index (χ4v) is 6.59. The maximum absolute atomic E-state index is 13.8. The number of ether oxygens (including phenoxy) is 2. The summed E-state index contributed by atoms with van der Waals surface area (Å²) in [6.07, 6.45) is -2.30. The van der Waals surface area contributed by atoms with Crippen molar-refractivity contribution in [2.45, 2.75) is 29.4 Å². The van der Waals surface area contributed by atoms with E-state index in [9.17, 15) is 25.1 Å². The third kappa shape index (κ3) is 3.20. The van der Waals surface area contributed by atoms with Crippen molar-refractivity contribution in [1.29, 1.82) is 10.5 Å². The van der Waals surface area contributed by atoms with Crippen LogP contribution >= 0.6 is 0 Å². The number of likely N-dealkylation sites (tertiary alicyclic amines) is 1. The van der Waals surface area contributed by atoms with E-state index in [1.165, 1.54) is 13.2 Å². The van der Waals surface area contributed by atoms with Crippen LogP contribution in [0.15, 0.2) is 60.7 Å². The van der Waals surface area contributed by atoms with Crippen LogP contribution < -0.4 is 9.47 Å². The van der Waals surface area contributed by atoms with Crippen molar-refractivity contribution in [3.63, 3.8) is 0 Å². The van der Waals surface area contributed by atoms with E-state index in [4.69, 9.17) is 9.47 Å². The van der Waals surface area contributed by atoms with Crippen LogP contribution in [0, 0.1) is 28.6 Å². The second-order valence-electron chi connectivity index (χ2n) is 10.1. The van der Waals surface area contributed by atoms with Crippen molar-refractivity contribution in [3.05, 3.63) is 88.6 Å². The minimum Gasteiger partial charge on any atom is -0.481 e. The van der Waals surface area contributed by atoms with E-state index >= 15 is 0 Å². The Morgan fingerprint density at radius 2 is 1.84 bits per heavy atom. The normalized spacial score (nSPS) is 29.9. The van der Waals surface area contributed by atoms with Gasteiger partial charge in [-0.15, -0.1) is 0 Å². The molecule has 5 unspecified atom stereocenters. The summed E-state index contributed by atoms with van der Waals surface area (Å²) in [6.45, 7) is 0.827. The molecule has 0 bridgehead atoms. The van der Waals surface area contributed by atoms with Crippen LogP contribution in [0.5, 0.6) is 11.6 Å². The average molecular weight is 513 g/mol. The zero-order valence-electron chi connectivity index (χ0n) is 20.6. The van der Waals surface area contributed by atoms with Gasteiger partial charge in [0.25, 0.3) is 0 Å². The Labute approximate surface area is 219 Å². The molecule has 192 valence electrons. The lowest BCUT2D eigenvalue weighted by molar-refractivity contribution is -0.153. The molecule has 3 aliphatic rings. The number of halogens is 1. The minimum absolute atomic E-state index is 0.0173. The number of rotatable bonds is 5. The first kappa shape index (κ1) is 24.3. The molecule has 2 aromatic carbocycles. The number of hydrogen-bond donors (Lipinski definition) is 2. The molecule has 0 radical (unpaired) electrons. The molecular formula is C29H25FN4O4. The monoisotopic (exact) mass is 512 g/mol. The molecule has 6 rings (SSSR count). The maximum Gasteiger partial charge on any atom is 0.224 e. The molecule has 3 aromatic rings. The van der Waals surface area contributed by atoms with Gasteiger partial charge in [0, 0.05) is 37.5 Å². The minimum atomic E-state index is -2.05. The fraction of sp³-hybridized carbons (Fsp3) is 0.345. The van der Waals surface area contributed by atoms with Crippen molar-refractivity contribution >= 4 is 0 Å². The first-order chi connectivity index (χ1) is 18.4. The second kappa shape index (κ2) is 8.78. The predicted octanol–water partition coefficient (Wildman–Crippen LogP) is 2.74. The highest BCUT2D eigenvalue weighted by Crippen LogP contribution is 2.69. The highest BCUT2D eigenvalue weighted by atomic mass is 19.1. The Bertz CT molecular complexity index is 1460. The number of methoxy groups -OCH3 is 1. The average Bonchev–Trinajstić information content (AvgIpc) is 3.30. The molecular weight excluding hydrogens is 487 g/mol. The van der Waals surface area contributed by atoms with E-state index in [-0.39, 0.29) is 36.0 Å². The van der Waals surface area contributed by atoms with Gasteiger partial charge in [-0.2, -0.15) is 10.5 Å². The van der Waals surface area contributed by atoms with Crippen molar-refractivity contribution in [1.82, 2.24) is 9.88 Å². The van der Waals surface area contributed by atoms with Crippen LogP contribution in [0.1, 0.15) is 33.9 Å².